The van der Waals surface area contributed by atoms with Gasteiger partial charge >= 0.3 is 11.9 Å². The molecule has 4 atom stereocenters. The Morgan fingerprint density at radius 1 is 1.00 bits per heavy atom. The minimum atomic E-state index is -1.58. The fourth-order valence-electron chi connectivity index (χ4n) is 2.82. The van der Waals surface area contributed by atoms with E-state index >= 15 is 0 Å². The topological polar surface area (TPSA) is 237 Å². The van der Waals surface area contributed by atoms with E-state index in [9.17, 15) is 24.0 Å². The van der Waals surface area contributed by atoms with Crippen molar-refractivity contribution in [3.05, 3.63) is 18.2 Å². The Morgan fingerprint density at radius 2 is 1.58 bits per heavy atom. The Labute approximate surface area is 189 Å². The number of hydrogen-bond donors (Lipinski definition) is 8. The van der Waals surface area contributed by atoms with Gasteiger partial charge in [-0.05, 0) is 12.3 Å². The molecule has 184 valence electrons. The lowest BCUT2D eigenvalue weighted by atomic mass is 10.0. The standard InChI is InChI=1S/C19H30N6O8/c1-9(2)3-12(23-16(29)11(20)5-15(27)28)17(30)24-13(4-10-6-21-8-22-10)18(31)25-14(7-26)19(32)33/h6,8-9,11-14,26H,3-5,7,20H2,1-2H3,(H,21,22)(H,23,29)(H,24,30)(H,25,31)(H,27,28)(H,32,33). The molecule has 1 heterocycles. The number of aliphatic carboxylic acids is 2. The molecule has 0 bridgehead atoms. The summed E-state index contributed by atoms with van der Waals surface area (Å²) in [4.78, 5) is 66.4. The number of carbonyl (C=O) groups is 5. The number of aromatic amines is 1. The van der Waals surface area contributed by atoms with Gasteiger partial charge in [0, 0.05) is 18.3 Å². The predicted molar refractivity (Wildman–Crippen MR) is 112 cm³/mol. The lowest BCUT2D eigenvalue weighted by Crippen LogP contribution is -2.58. The van der Waals surface area contributed by atoms with Crippen molar-refractivity contribution in [2.75, 3.05) is 6.61 Å². The fourth-order valence-corrected chi connectivity index (χ4v) is 2.82. The van der Waals surface area contributed by atoms with Crippen LogP contribution in [-0.2, 0) is 30.4 Å². The maximum absolute atomic E-state index is 12.9. The second-order valence-corrected chi connectivity index (χ2v) is 7.82. The third-order valence-electron chi connectivity index (χ3n) is 4.48. The first-order chi connectivity index (χ1) is 15.4. The number of nitrogens with one attached hydrogen (secondary N) is 4. The Morgan fingerprint density at radius 3 is 2.06 bits per heavy atom. The van der Waals surface area contributed by atoms with Crippen molar-refractivity contribution in [2.24, 2.45) is 11.7 Å². The molecular formula is C19H30N6O8. The molecule has 0 radical (unpaired) electrons. The number of H-pyrrole nitrogens is 1. The summed E-state index contributed by atoms with van der Waals surface area (Å²) in [6, 6.07) is -5.37. The van der Waals surface area contributed by atoms with Gasteiger partial charge in [-0.15, -0.1) is 0 Å². The van der Waals surface area contributed by atoms with E-state index in [0.717, 1.165) is 0 Å². The fraction of sp³-hybridized carbons (Fsp3) is 0.579. The van der Waals surface area contributed by atoms with Gasteiger partial charge in [-0.3, -0.25) is 19.2 Å². The van der Waals surface area contributed by atoms with Crippen LogP contribution in [-0.4, -0.2) is 85.7 Å². The van der Waals surface area contributed by atoms with E-state index in [2.05, 4.69) is 25.9 Å². The third-order valence-corrected chi connectivity index (χ3v) is 4.48. The average Bonchev–Trinajstić information content (AvgIpc) is 3.22. The Balaban J connectivity index is 3.02. The minimum absolute atomic E-state index is 0.0672. The van der Waals surface area contributed by atoms with Crippen molar-refractivity contribution in [3.8, 4) is 0 Å². The number of imidazole rings is 1. The van der Waals surface area contributed by atoms with Crippen LogP contribution in [0, 0.1) is 5.92 Å². The van der Waals surface area contributed by atoms with E-state index in [-0.39, 0.29) is 18.8 Å². The predicted octanol–water partition coefficient (Wildman–Crippen LogP) is -2.67. The van der Waals surface area contributed by atoms with Crippen molar-refractivity contribution in [3.63, 3.8) is 0 Å². The van der Waals surface area contributed by atoms with Crippen molar-refractivity contribution in [1.29, 1.82) is 0 Å². The van der Waals surface area contributed by atoms with E-state index in [1.165, 1.54) is 12.5 Å². The number of aliphatic hydroxyl groups is 1. The van der Waals surface area contributed by atoms with Gasteiger partial charge in [0.2, 0.25) is 17.7 Å². The van der Waals surface area contributed by atoms with Gasteiger partial charge in [0.15, 0.2) is 0 Å². The summed E-state index contributed by atoms with van der Waals surface area (Å²) in [5, 5.41) is 34.0. The Kier molecular flexibility index (Phi) is 10.9. The first-order valence-electron chi connectivity index (χ1n) is 10.1. The zero-order chi connectivity index (χ0) is 25.1. The van der Waals surface area contributed by atoms with Gasteiger partial charge in [-0.2, -0.15) is 0 Å². The number of aromatic nitrogens is 2. The summed E-state index contributed by atoms with van der Waals surface area (Å²) in [7, 11) is 0. The van der Waals surface area contributed by atoms with Gasteiger partial charge in [0.25, 0.3) is 0 Å². The molecule has 14 nitrogen and oxygen atoms in total. The van der Waals surface area contributed by atoms with Gasteiger partial charge in [0.05, 0.1) is 25.4 Å². The molecule has 0 saturated carbocycles. The normalized spacial score (nSPS) is 14.6. The molecular weight excluding hydrogens is 440 g/mol. The molecule has 1 rings (SSSR count). The van der Waals surface area contributed by atoms with Crippen LogP contribution < -0.4 is 21.7 Å². The number of amides is 3. The molecule has 3 amide bonds. The Bertz CT molecular complexity index is 828. The highest BCUT2D eigenvalue weighted by Gasteiger charge is 2.31. The van der Waals surface area contributed by atoms with E-state index in [4.69, 9.17) is 21.1 Å². The molecule has 9 N–H and O–H groups in total. The molecule has 0 saturated heterocycles. The molecule has 4 unspecified atom stereocenters. The smallest absolute Gasteiger partial charge is 0.328 e. The molecule has 0 aliphatic rings. The maximum Gasteiger partial charge on any atom is 0.328 e. The van der Waals surface area contributed by atoms with Crippen LogP contribution in [0.2, 0.25) is 0 Å². The second kappa shape index (κ2) is 13.1. The number of nitrogens with zero attached hydrogens (tertiary/aromatic N) is 1. The van der Waals surface area contributed by atoms with E-state index in [0.29, 0.717) is 5.69 Å². The van der Waals surface area contributed by atoms with Crippen LogP contribution in [0.4, 0.5) is 0 Å². The number of rotatable bonds is 14. The first kappa shape index (κ1) is 27.5. The van der Waals surface area contributed by atoms with Crippen LogP contribution in [0.25, 0.3) is 0 Å². The zero-order valence-electron chi connectivity index (χ0n) is 18.3. The summed E-state index contributed by atoms with van der Waals surface area (Å²) in [5.74, 6) is -5.29. The molecule has 1 aromatic rings. The molecule has 0 fully saturated rings. The summed E-state index contributed by atoms with van der Waals surface area (Å²) in [6.07, 6.45) is 2.20. The van der Waals surface area contributed by atoms with E-state index < -0.39 is 66.9 Å². The molecule has 14 heteroatoms. The van der Waals surface area contributed by atoms with Gasteiger partial charge in [-0.25, -0.2) is 9.78 Å². The minimum Gasteiger partial charge on any atom is -0.481 e. The van der Waals surface area contributed by atoms with Gasteiger partial charge < -0.3 is 42.0 Å². The van der Waals surface area contributed by atoms with Crippen LogP contribution in [0.1, 0.15) is 32.4 Å². The molecule has 33 heavy (non-hydrogen) atoms. The summed E-state index contributed by atoms with van der Waals surface area (Å²) >= 11 is 0. The quantitative estimate of drug-likeness (QED) is 0.140. The average molecular weight is 470 g/mol. The van der Waals surface area contributed by atoms with Crippen molar-refractivity contribution in [1.82, 2.24) is 25.9 Å². The highest BCUT2D eigenvalue weighted by atomic mass is 16.4. The zero-order valence-corrected chi connectivity index (χ0v) is 18.3. The summed E-state index contributed by atoms with van der Waals surface area (Å²) in [5.41, 5.74) is 6.01. The number of nitrogens with two attached hydrogens (primary N) is 1. The van der Waals surface area contributed by atoms with E-state index in [1.54, 1.807) is 13.8 Å². The van der Waals surface area contributed by atoms with Crippen molar-refractivity contribution in [2.45, 2.75) is 57.3 Å². The number of carboxylic acids is 2. The van der Waals surface area contributed by atoms with Gasteiger partial charge in [0.1, 0.15) is 18.1 Å². The lowest BCUT2D eigenvalue weighted by Gasteiger charge is -2.25. The first-order valence-corrected chi connectivity index (χ1v) is 10.1. The van der Waals surface area contributed by atoms with Crippen LogP contribution in [0.5, 0.6) is 0 Å². The van der Waals surface area contributed by atoms with Crippen molar-refractivity contribution >= 4 is 29.7 Å². The van der Waals surface area contributed by atoms with Crippen LogP contribution in [0.15, 0.2) is 12.5 Å². The molecule has 0 aliphatic heterocycles. The summed E-state index contributed by atoms with van der Waals surface area (Å²) < 4.78 is 0. The molecule has 0 aliphatic carbocycles. The number of carboxylic acid groups (broad SMARTS) is 2. The highest BCUT2D eigenvalue weighted by Crippen LogP contribution is 2.08. The number of hydrogen-bond acceptors (Lipinski definition) is 8. The third kappa shape index (κ3) is 9.65. The molecule has 0 aromatic carbocycles. The van der Waals surface area contributed by atoms with Crippen molar-refractivity contribution < 1.29 is 39.3 Å². The molecule has 0 spiro atoms. The maximum atomic E-state index is 12.9. The van der Waals surface area contributed by atoms with E-state index in [1.807, 2.05) is 0 Å². The highest BCUT2D eigenvalue weighted by molar-refractivity contribution is 5.94. The summed E-state index contributed by atoms with van der Waals surface area (Å²) in [6.45, 7) is 2.72. The second-order valence-electron chi connectivity index (χ2n) is 7.82. The monoisotopic (exact) mass is 470 g/mol. The SMILES string of the molecule is CC(C)CC(NC(=O)C(N)CC(=O)O)C(=O)NC(Cc1cnc[nH]1)C(=O)NC(CO)C(=O)O. The van der Waals surface area contributed by atoms with Crippen LogP contribution >= 0.6 is 0 Å². The number of carbonyl (C=O) groups excluding carboxylic acids is 3. The van der Waals surface area contributed by atoms with Gasteiger partial charge in [-0.1, -0.05) is 13.8 Å². The number of aliphatic hydroxyl groups excluding tert-OH is 1. The van der Waals surface area contributed by atoms with Crippen LogP contribution in [0.3, 0.4) is 0 Å². The Hall–Kier alpha value is -3.52. The lowest BCUT2D eigenvalue weighted by molar-refractivity contribution is -0.143. The molecule has 1 aromatic heterocycles. The largest absolute Gasteiger partial charge is 0.481 e.